The molecule has 0 radical (unpaired) electrons. The van der Waals surface area contributed by atoms with Gasteiger partial charge in [0, 0.05) is 44.8 Å². The van der Waals surface area contributed by atoms with E-state index < -0.39 is 0 Å². The Labute approximate surface area is 158 Å². The number of carbonyl (C=O) groups excluding carboxylic acids is 2. The number of hydrogen-bond acceptors (Lipinski definition) is 4. The van der Waals surface area contributed by atoms with Crippen LogP contribution in [-0.2, 0) is 6.54 Å². The van der Waals surface area contributed by atoms with Crippen molar-refractivity contribution in [2.75, 3.05) is 24.5 Å². The van der Waals surface area contributed by atoms with Crippen molar-refractivity contribution in [3.63, 3.8) is 0 Å². The third kappa shape index (κ3) is 3.92. The van der Waals surface area contributed by atoms with Gasteiger partial charge >= 0.3 is 6.03 Å². The number of amides is 3. The molecule has 7 nitrogen and oxygen atoms in total. The lowest BCUT2D eigenvalue weighted by Gasteiger charge is -2.21. The van der Waals surface area contributed by atoms with Gasteiger partial charge in [-0.15, -0.1) is 0 Å². The molecule has 140 valence electrons. The zero-order valence-electron chi connectivity index (χ0n) is 15.4. The summed E-state index contributed by atoms with van der Waals surface area (Å²) in [5, 5.41) is 2.85. The van der Waals surface area contributed by atoms with Gasteiger partial charge in [-0.3, -0.25) is 14.7 Å². The van der Waals surface area contributed by atoms with E-state index in [0.717, 1.165) is 18.7 Å². The summed E-state index contributed by atoms with van der Waals surface area (Å²) in [6.07, 6.45) is 7.27. The molecule has 1 aliphatic carbocycles. The first kappa shape index (κ1) is 17.5. The van der Waals surface area contributed by atoms with Crippen LogP contribution in [0.1, 0.15) is 35.7 Å². The van der Waals surface area contributed by atoms with Crippen molar-refractivity contribution in [2.24, 2.45) is 5.41 Å². The molecular weight excluding hydrogens is 342 g/mol. The van der Waals surface area contributed by atoms with E-state index in [0.29, 0.717) is 29.9 Å². The summed E-state index contributed by atoms with van der Waals surface area (Å²) in [4.78, 5) is 36.7. The van der Waals surface area contributed by atoms with Crippen molar-refractivity contribution in [3.05, 3.63) is 54.0 Å². The molecule has 2 aromatic rings. The highest BCUT2D eigenvalue weighted by Crippen LogP contribution is 2.45. The van der Waals surface area contributed by atoms with Gasteiger partial charge < -0.3 is 10.2 Å². The van der Waals surface area contributed by atoms with E-state index in [1.165, 1.54) is 19.0 Å². The molecule has 7 heteroatoms. The Balaban J connectivity index is 1.34. The van der Waals surface area contributed by atoms with Crippen LogP contribution in [0.2, 0.25) is 0 Å². The van der Waals surface area contributed by atoms with Crippen LogP contribution in [0, 0.1) is 5.41 Å². The van der Waals surface area contributed by atoms with Gasteiger partial charge in [-0.25, -0.2) is 9.78 Å². The van der Waals surface area contributed by atoms with Crippen LogP contribution in [0.25, 0.3) is 0 Å². The molecule has 0 atom stereocenters. The normalized spacial score (nSPS) is 17.9. The van der Waals surface area contributed by atoms with Gasteiger partial charge in [-0.05, 0) is 42.0 Å². The van der Waals surface area contributed by atoms with Gasteiger partial charge in [0.2, 0.25) is 0 Å². The second-order valence-corrected chi connectivity index (χ2v) is 7.62. The Morgan fingerprint density at radius 1 is 1.22 bits per heavy atom. The number of carbonyl (C=O) groups is 2. The lowest BCUT2D eigenvalue weighted by atomic mass is 10.1. The fourth-order valence-electron chi connectivity index (χ4n) is 3.24. The predicted molar refractivity (Wildman–Crippen MR) is 101 cm³/mol. The number of hydrogen-bond donors (Lipinski definition) is 1. The fraction of sp³-hybridized carbons (Fsp3) is 0.400. The number of aromatic nitrogens is 2. The van der Waals surface area contributed by atoms with Gasteiger partial charge in [0.15, 0.2) is 0 Å². The van der Waals surface area contributed by atoms with Gasteiger partial charge in [0.05, 0.1) is 5.56 Å². The second-order valence-electron chi connectivity index (χ2n) is 7.62. The minimum absolute atomic E-state index is 0.0354. The van der Waals surface area contributed by atoms with Gasteiger partial charge in [-0.2, -0.15) is 0 Å². The lowest BCUT2D eigenvalue weighted by Crippen LogP contribution is -2.35. The molecule has 0 unspecified atom stereocenters. The summed E-state index contributed by atoms with van der Waals surface area (Å²) in [6.45, 7) is 4.86. The first-order chi connectivity index (χ1) is 13.0. The van der Waals surface area contributed by atoms with E-state index in [1.807, 2.05) is 17.0 Å². The van der Waals surface area contributed by atoms with E-state index >= 15 is 0 Å². The van der Waals surface area contributed by atoms with Crippen molar-refractivity contribution in [3.8, 4) is 0 Å². The highest BCUT2D eigenvalue weighted by molar-refractivity contribution is 5.94. The van der Waals surface area contributed by atoms with E-state index in [1.54, 1.807) is 29.4 Å². The summed E-state index contributed by atoms with van der Waals surface area (Å²) >= 11 is 0. The predicted octanol–water partition coefficient (Wildman–Crippen LogP) is 2.45. The van der Waals surface area contributed by atoms with Crippen LogP contribution >= 0.6 is 0 Å². The fourth-order valence-corrected chi connectivity index (χ4v) is 3.24. The maximum atomic E-state index is 12.6. The van der Waals surface area contributed by atoms with E-state index in [9.17, 15) is 9.59 Å². The Hall–Kier alpha value is -2.96. The summed E-state index contributed by atoms with van der Waals surface area (Å²) in [5.74, 6) is 0.483. The number of urea groups is 1. The smallest absolute Gasteiger partial charge is 0.325 e. The number of rotatable bonds is 6. The third-order valence-corrected chi connectivity index (χ3v) is 5.23. The Morgan fingerprint density at radius 2 is 2.07 bits per heavy atom. The minimum Gasteiger partial charge on any atom is -0.348 e. The highest BCUT2D eigenvalue weighted by atomic mass is 16.2. The van der Waals surface area contributed by atoms with Crippen LogP contribution in [0.3, 0.4) is 0 Å². The van der Waals surface area contributed by atoms with Crippen LogP contribution < -0.4 is 10.2 Å². The van der Waals surface area contributed by atoms with E-state index in [2.05, 4.69) is 22.2 Å². The Kier molecular flexibility index (Phi) is 4.51. The molecule has 0 bridgehead atoms. The number of nitrogens with one attached hydrogen (secondary N) is 1. The quantitative estimate of drug-likeness (QED) is 0.853. The number of pyridine rings is 2. The molecule has 3 heterocycles. The van der Waals surface area contributed by atoms with Crippen molar-refractivity contribution < 1.29 is 9.59 Å². The topological polar surface area (TPSA) is 78.4 Å². The average molecular weight is 365 g/mol. The van der Waals surface area contributed by atoms with Gasteiger partial charge in [-0.1, -0.05) is 13.0 Å². The summed E-state index contributed by atoms with van der Waals surface area (Å²) in [7, 11) is 0. The molecule has 4 rings (SSSR count). The zero-order chi connectivity index (χ0) is 18.9. The van der Waals surface area contributed by atoms with Crippen molar-refractivity contribution in [2.45, 2.75) is 26.3 Å². The molecular formula is C20H23N5O2. The molecule has 1 saturated heterocycles. The van der Waals surface area contributed by atoms with Crippen LogP contribution in [0.4, 0.5) is 10.6 Å². The van der Waals surface area contributed by atoms with Gasteiger partial charge in [0.25, 0.3) is 5.91 Å². The first-order valence-corrected chi connectivity index (χ1v) is 9.24. The first-order valence-electron chi connectivity index (χ1n) is 9.24. The molecule has 27 heavy (non-hydrogen) atoms. The third-order valence-electron chi connectivity index (χ3n) is 5.23. The standard InChI is InChI=1S/C20H23N5O2/c1-20(6-7-20)14-24-9-10-25(19(24)27)17-5-4-15(11-22-17)12-23-18(26)16-3-2-8-21-13-16/h2-5,8,11,13H,6-7,9-10,12,14H2,1H3,(H,23,26). The SMILES string of the molecule is CC1(CN2CCN(c3ccc(CNC(=O)c4cccnc4)cn3)C2=O)CC1. The van der Waals surface area contributed by atoms with E-state index in [-0.39, 0.29) is 11.9 Å². The number of anilines is 1. The summed E-state index contributed by atoms with van der Waals surface area (Å²) in [6, 6.07) is 7.21. The van der Waals surface area contributed by atoms with Crippen LogP contribution in [0.5, 0.6) is 0 Å². The molecule has 1 saturated carbocycles. The van der Waals surface area contributed by atoms with Crippen molar-refractivity contribution in [1.29, 1.82) is 0 Å². The minimum atomic E-state index is -0.175. The zero-order valence-corrected chi connectivity index (χ0v) is 15.4. The van der Waals surface area contributed by atoms with Crippen molar-refractivity contribution in [1.82, 2.24) is 20.2 Å². The Bertz CT molecular complexity index is 833. The monoisotopic (exact) mass is 365 g/mol. The summed E-state index contributed by atoms with van der Waals surface area (Å²) in [5.41, 5.74) is 1.72. The molecule has 2 aliphatic rings. The number of nitrogens with zero attached hydrogens (tertiary/aromatic N) is 4. The molecule has 3 amide bonds. The van der Waals surface area contributed by atoms with Crippen LogP contribution in [-0.4, -0.2) is 46.4 Å². The molecule has 2 aromatic heterocycles. The highest BCUT2D eigenvalue weighted by Gasteiger charge is 2.42. The molecule has 1 aliphatic heterocycles. The average Bonchev–Trinajstić information content (AvgIpc) is 3.33. The second kappa shape index (κ2) is 6.98. The lowest BCUT2D eigenvalue weighted by molar-refractivity contribution is 0.0950. The van der Waals surface area contributed by atoms with Gasteiger partial charge in [0.1, 0.15) is 5.82 Å². The maximum Gasteiger partial charge on any atom is 0.325 e. The molecule has 0 spiro atoms. The molecule has 0 aromatic carbocycles. The van der Waals surface area contributed by atoms with E-state index in [4.69, 9.17) is 0 Å². The summed E-state index contributed by atoms with van der Waals surface area (Å²) < 4.78 is 0. The Morgan fingerprint density at radius 3 is 2.74 bits per heavy atom. The molecule has 2 fully saturated rings. The van der Waals surface area contributed by atoms with Crippen LogP contribution in [0.15, 0.2) is 42.9 Å². The molecule has 1 N–H and O–H groups in total. The maximum absolute atomic E-state index is 12.6. The van der Waals surface area contributed by atoms with Crippen molar-refractivity contribution >= 4 is 17.8 Å². The largest absolute Gasteiger partial charge is 0.348 e.